The van der Waals surface area contributed by atoms with E-state index in [4.69, 9.17) is 9.47 Å². The summed E-state index contributed by atoms with van der Waals surface area (Å²) in [7, 11) is 3.14. The Hall–Kier alpha value is -3.28. The van der Waals surface area contributed by atoms with Crippen molar-refractivity contribution < 1.29 is 19.1 Å². The summed E-state index contributed by atoms with van der Waals surface area (Å²) in [4.78, 5) is 28.4. The number of benzene rings is 2. The van der Waals surface area contributed by atoms with Crippen LogP contribution >= 0.6 is 0 Å². The molecule has 0 aliphatic carbocycles. The highest BCUT2D eigenvalue weighted by molar-refractivity contribution is 6.05. The lowest BCUT2D eigenvalue weighted by Gasteiger charge is -2.22. The van der Waals surface area contributed by atoms with Crippen molar-refractivity contribution in [2.24, 2.45) is 0 Å². The number of methoxy groups -OCH3 is 2. The van der Waals surface area contributed by atoms with Gasteiger partial charge in [0.1, 0.15) is 5.70 Å². The highest BCUT2D eigenvalue weighted by Gasteiger charge is 2.22. The van der Waals surface area contributed by atoms with Crippen molar-refractivity contribution in [1.82, 2.24) is 10.2 Å². The van der Waals surface area contributed by atoms with Crippen LogP contribution in [0.3, 0.4) is 0 Å². The minimum absolute atomic E-state index is 0.00374. The van der Waals surface area contributed by atoms with Crippen LogP contribution < -0.4 is 14.8 Å². The van der Waals surface area contributed by atoms with E-state index in [1.165, 1.54) is 0 Å². The Morgan fingerprint density at radius 2 is 1.50 bits per heavy atom. The highest BCUT2D eigenvalue weighted by Crippen LogP contribution is 2.28. The molecule has 0 saturated carbocycles. The minimum Gasteiger partial charge on any atom is -0.493 e. The lowest BCUT2D eigenvalue weighted by Crippen LogP contribution is -2.39. The number of likely N-dealkylation sites (tertiary alicyclic amines) is 1. The molecule has 1 aliphatic heterocycles. The van der Waals surface area contributed by atoms with E-state index in [-0.39, 0.29) is 22.9 Å². The quantitative estimate of drug-likeness (QED) is 0.599. The molecule has 0 bridgehead atoms. The van der Waals surface area contributed by atoms with Gasteiger partial charge >= 0.3 is 0 Å². The second-order valence-electron chi connectivity index (χ2n) is 9.66. The van der Waals surface area contributed by atoms with E-state index in [1.807, 2.05) is 23.1 Å². The predicted octanol–water partition coefficient (Wildman–Crippen LogP) is 5.17. The van der Waals surface area contributed by atoms with Gasteiger partial charge in [0.25, 0.3) is 11.8 Å². The maximum atomic E-state index is 13.5. The summed E-state index contributed by atoms with van der Waals surface area (Å²) in [6, 6.07) is 12.9. The van der Waals surface area contributed by atoms with E-state index >= 15 is 0 Å². The third kappa shape index (κ3) is 6.40. The molecule has 1 N–H and O–H groups in total. The second kappa shape index (κ2) is 11.2. The largest absolute Gasteiger partial charge is 0.493 e. The lowest BCUT2D eigenvalue weighted by molar-refractivity contribution is -0.127. The van der Waals surface area contributed by atoms with Gasteiger partial charge in [0.05, 0.1) is 14.2 Å². The van der Waals surface area contributed by atoms with Crippen LogP contribution in [0.4, 0.5) is 0 Å². The number of nitrogens with zero attached hydrogens (tertiary/aromatic N) is 1. The van der Waals surface area contributed by atoms with Crippen molar-refractivity contribution in [1.29, 1.82) is 0 Å². The standard InChI is InChI=1S/C28H36N2O4/c1-28(2,3)22-13-11-21(12-14-22)26(31)29-23(27(32)30-16-8-6-7-9-17-30)18-20-10-15-24(33-4)25(19-20)34-5/h10-15,18-19H,6-9,16-17H2,1-5H3,(H,29,31). The first-order valence-electron chi connectivity index (χ1n) is 11.9. The van der Waals surface area contributed by atoms with Crippen LogP contribution in [0.2, 0.25) is 0 Å². The number of hydrogen-bond acceptors (Lipinski definition) is 4. The number of carbonyl (C=O) groups is 2. The predicted molar refractivity (Wildman–Crippen MR) is 135 cm³/mol. The summed E-state index contributed by atoms with van der Waals surface area (Å²) in [5.74, 6) is 0.677. The summed E-state index contributed by atoms with van der Waals surface area (Å²) >= 11 is 0. The lowest BCUT2D eigenvalue weighted by atomic mass is 9.87. The monoisotopic (exact) mass is 464 g/mol. The summed E-state index contributed by atoms with van der Waals surface area (Å²) in [6.45, 7) is 7.78. The van der Waals surface area contributed by atoms with Crippen LogP contribution in [0, 0.1) is 0 Å². The van der Waals surface area contributed by atoms with Gasteiger partial charge in [-0.15, -0.1) is 0 Å². The van der Waals surface area contributed by atoms with Crippen molar-refractivity contribution in [2.75, 3.05) is 27.3 Å². The Bertz CT molecular complexity index is 1030. The summed E-state index contributed by atoms with van der Waals surface area (Å²) in [5.41, 5.74) is 2.63. The van der Waals surface area contributed by atoms with E-state index in [2.05, 4.69) is 26.1 Å². The number of ether oxygens (including phenoxy) is 2. The van der Waals surface area contributed by atoms with Gasteiger partial charge in [-0.1, -0.05) is 51.8 Å². The Labute approximate surface area is 202 Å². The topological polar surface area (TPSA) is 67.9 Å². The van der Waals surface area contributed by atoms with E-state index in [0.717, 1.165) is 36.8 Å². The van der Waals surface area contributed by atoms with Crippen LogP contribution in [0.5, 0.6) is 11.5 Å². The Balaban J connectivity index is 1.92. The smallest absolute Gasteiger partial charge is 0.270 e. The van der Waals surface area contributed by atoms with Gasteiger partial charge in [-0.25, -0.2) is 0 Å². The molecule has 2 amide bonds. The normalized spacial score (nSPS) is 14.9. The molecule has 6 nitrogen and oxygen atoms in total. The van der Waals surface area contributed by atoms with Crippen LogP contribution in [-0.2, 0) is 10.2 Å². The summed E-state index contributed by atoms with van der Waals surface area (Å²) in [6.07, 6.45) is 5.88. The first-order chi connectivity index (χ1) is 16.2. The van der Waals surface area contributed by atoms with E-state index < -0.39 is 0 Å². The van der Waals surface area contributed by atoms with Gasteiger partial charge in [-0.2, -0.15) is 0 Å². The molecule has 34 heavy (non-hydrogen) atoms. The van der Waals surface area contributed by atoms with Crippen LogP contribution in [0.15, 0.2) is 48.2 Å². The molecule has 0 spiro atoms. The van der Waals surface area contributed by atoms with E-state index in [9.17, 15) is 9.59 Å². The van der Waals surface area contributed by atoms with Crippen molar-refractivity contribution >= 4 is 17.9 Å². The fourth-order valence-electron chi connectivity index (χ4n) is 4.02. The minimum atomic E-state index is -0.310. The third-order valence-electron chi connectivity index (χ3n) is 6.10. The van der Waals surface area contributed by atoms with Gasteiger partial charge in [-0.3, -0.25) is 9.59 Å². The molecular formula is C28H36N2O4. The van der Waals surface area contributed by atoms with Crippen LogP contribution in [-0.4, -0.2) is 44.0 Å². The number of carbonyl (C=O) groups excluding carboxylic acids is 2. The average molecular weight is 465 g/mol. The first-order valence-corrected chi connectivity index (χ1v) is 11.9. The molecule has 1 heterocycles. The molecule has 1 aliphatic rings. The number of amides is 2. The molecule has 0 aromatic heterocycles. The molecular weight excluding hydrogens is 428 g/mol. The zero-order chi connectivity index (χ0) is 24.7. The SMILES string of the molecule is COc1ccc(C=C(NC(=O)c2ccc(C(C)(C)C)cc2)C(=O)N2CCCCCC2)cc1OC. The fourth-order valence-corrected chi connectivity index (χ4v) is 4.02. The average Bonchev–Trinajstić information content (AvgIpc) is 3.12. The molecule has 1 saturated heterocycles. The molecule has 2 aromatic rings. The maximum absolute atomic E-state index is 13.5. The molecule has 3 rings (SSSR count). The Morgan fingerprint density at radius 3 is 2.06 bits per heavy atom. The molecule has 6 heteroatoms. The molecule has 1 fully saturated rings. The third-order valence-corrected chi connectivity index (χ3v) is 6.10. The first kappa shape index (κ1) is 25.3. The van der Waals surface area contributed by atoms with Crippen molar-refractivity contribution in [3.8, 4) is 11.5 Å². The Kier molecular flexibility index (Phi) is 8.37. The number of hydrogen-bond donors (Lipinski definition) is 1. The second-order valence-corrected chi connectivity index (χ2v) is 9.66. The molecule has 0 radical (unpaired) electrons. The molecule has 182 valence electrons. The number of nitrogens with one attached hydrogen (secondary N) is 1. The van der Waals surface area contributed by atoms with Crippen LogP contribution in [0.1, 0.15) is 67.9 Å². The Morgan fingerprint density at radius 1 is 0.882 bits per heavy atom. The van der Waals surface area contributed by atoms with E-state index in [1.54, 1.807) is 44.6 Å². The zero-order valence-electron chi connectivity index (χ0n) is 20.9. The molecule has 0 unspecified atom stereocenters. The van der Waals surface area contributed by atoms with Gasteiger partial charge in [-0.05, 0) is 59.7 Å². The van der Waals surface area contributed by atoms with Gasteiger partial charge in [0, 0.05) is 18.7 Å². The maximum Gasteiger partial charge on any atom is 0.270 e. The highest BCUT2D eigenvalue weighted by atomic mass is 16.5. The van der Waals surface area contributed by atoms with E-state index in [0.29, 0.717) is 30.2 Å². The van der Waals surface area contributed by atoms with Crippen molar-refractivity contribution in [3.63, 3.8) is 0 Å². The van der Waals surface area contributed by atoms with Gasteiger partial charge in [0.2, 0.25) is 0 Å². The van der Waals surface area contributed by atoms with Gasteiger partial charge in [0.15, 0.2) is 11.5 Å². The fraction of sp³-hybridized carbons (Fsp3) is 0.429. The van der Waals surface area contributed by atoms with Crippen molar-refractivity contribution in [2.45, 2.75) is 51.9 Å². The summed E-state index contributed by atoms with van der Waals surface area (Å²) < 4.78 is 10.7. The molecule has 2 aromatic carbocycles. The van der Waals surface area contributed by atoms with Crippen LogP contribution in [0.25, 0.3) is 6.08 Å². The van der Waals surface area contributed by atoms with Crippen molar-refractivity contribution in [3.05, 3.63) is 64.9 Å². The number of rotatable bonds is 6. The molecule has 0 atom stereocenters. The zero-order valence-corrected chi connectivity index (χ0v) is 20.9. The van der Waals surface area contributed by atoms with Gasteiger partial charge < -0.3 is 19.7 Å². The summed E-state index contributed by atoms with van der Waals surface area (Å²) in [5, 5.41) is 2.88.